The number of fused-ring (bicyclic) bond motifs is 1. The van der Waals surface area contributed by atoms with Crippen LogP contribution in [-0.2, 0) is 26.5 Å². The summed E-state index contributed by atoms with van der Waals surface area (Å²) in [5, 5.41) is 13.2. The molecule has 0 radical (unpaired) electrons. The average Bonchev–Trinajstić information content (AvgIpc) is 3.78. The summed E-state index contributed by atoms with van der Waals surface area (Å²) >= 11 is 0. The molecule has 206 valence electrons. The van der Waals surface area contributed by atoms with Crippen molar-refractivity contribution in [1.29, 1.82) is 0 Å². The molecule has 4 aromatic rings. The van der Waals surface area contributed by atoms with Gasteiger partial charge in [0.05, 0.1) is 5.54 Å². The predicted molar refractivity (Wildman–Crippen MR) is 158 cm³/mol. The highest BCUT2D eigenvalue weighted by Crippen LogP contribution is 2.48. The van der Waals surface area contributed by atoms with Crippen molar-refractivity contribution in [1.82, 2.24) is 16.0 Å². The molecule has 0 bridgehead atoms. The zero-order valence-corrected chi connectivity index (χ0v) is 22.4. The van der Waals surface area contributed by atoms with Crippen molar-refractivity contribution in [3.05, 3.63) is 126 Å². The summed E-state index contributed by atoms with van der Waals surface area (Å²) < 4.78 is 0. The zero-order chi connectivity index (χ0) is 28.7. The molecule has 5 rings (SSSR count). The van der Waals surface area contributed by atoms with Crippen molar-refractivity contribution < 1.29 is 19.2 Å². The second kappa shape index (κ2) is 12.3. The maximum atomic E-state index is 13.4. The van der Waals surface area contributed by atoms with E-state index >= 15 is 0 Å². The first-order valence-corrected chi connectivity index (χ1v) is 13.4. The van der Waals surface area contributed by atoms with Crippen LogP contribution in [0.4, 0.5) is 5.69 Å². The molecule has 4 aromatic carbocycles. The third kappa shape index (κ3) is 6.67. The predicted octanol–water partition coefficient (Wildman–Crippen LogP) is 4.19. The van der Waals surface area contributed by atoms with Gasteiger partial charge in [0.25, 0.3) is 5.91 Å². The van der Waals surface area contributed by atoms with Crippen molar-refractivity contribution in [3.8, 4) is 0 Å². The lowest BCUT2D eigenvalue weighted by Crippen LogP contribution is -2.40. The Bertz CT molecular complexity index is 1620. The molecule has 4 amide bonds. The lowest BCUT2D eigenvalue weighted by atomic mass is 9.96. The van der Waals surface area contributed by atoms with Gasteiger partial charge >= 0.3 is 11.8 Å². The van der Waals surface area contributed by atoms with E-state index in [1.165, 1.54) is 12.2 Å². The minimum absolute atomic E-state index is 0.00368. The lowest BCUT2D eigenvalue weighted by molar-refractivity contribution is -0.139. The van der Waals surface area contributed by atoms with Gasteiger partial charge in [0, 0.05) is 30.4 Å². The molecule has 0 unspecified atom stereocenters. The second-order valence-corrected chi connectivity index (χ2v) is 9.87. The number of rotatable bonds is 9. The number of amides is 4. The normalized spacial score (nSPS) is 13.4. The van der Waals surface area contributed by atoms with E-state index in [-0.39, 0.29) is 24.9 Å². The van der Waals surface area contributed by atoms with E-state index in [9.17, 15) is 19.2 Å². The molecule has 1 fully saturated rings. The minimum Gasteiger partial charge on any atom is -0.344 e. The molecule has 0 atom stereocenters. The highest BCUT2D eigenvalue weighted by molar-refractivity contribution is 6.35. The van der Waals surface area contributed by atoms with Crippen molar-refractivity contribution >= 4 is 40.1 Å². The summed E-state index contributed by atoms with van der Waals surface area (Å²) in [7, 11) is 0. The van der Waals surface area contributed by atoms with Crippen LogP contribution in [0.5, 0.6) is 0 Å². The van der Waals surface area contributed by atoms with Crippen LogP contribution >= 0.6 is 0 Å². The summed E-state index contributed by atoms with van der Waals surface area (Å²) in [6, 6.07) is 30.2. The average molecular weight is 547 g/mol. The van der Waals surface area contributed by atoms with Gasteiger partial charge < -0.3 is 21.3 Å². The summed E-state index contributed by atoms with van der Waals surface area (Å²) in [4.78, 5) is 50.0. The number of hydrogen-bond donors (Lipinski definition) is 4. The largest absolute Gasteiger partial charge is 0.344 e. The van der Waals surface area contributed by atoms with Crippen LogP contribution in [0.15, 0.2) is 109 Å². The summed E-state index contributed by atoms with van der Waals surface area (Å²) in [5.41, 5.74) is 2.35. The third-order valence-electron chi connectivity index (χ3n) is 7.01. The fourth-order valence-electron chi connectivity index (χ4n) is 4.77. The number of carbonyl (C=O) groups is 4. The molecule has 1 aliphatic carbocycles. The molecule has 0 heterocycles. The first-order chi connectivity index (χ1) is 19.9. The van der Waals surface area contributed by atoms with Crippen LogP contribution in [0.2, 0.25) is 0 Å². The van der Waals surface area contributed by atoms with Gasteiger partial charge in [-0.05, 0) is 52.9 Å². The number of para-hydroxylation sites is 1. The molecule has 0 saturated heterocycles. The standard InChI is InChI=1S/C33H30N4O4/c38-29(36-25-13-2-1-3-14-25)18-9-21-34-31(40)32(41)35-22-24-11-5-7-16-27(24)30(39)37-33(19-20-33)28-17-8-12-23-10-4-6-15-26(23)28/h1-18H,19-22H2,(H,34,40)(H,35,41)(H,36,38)(H,37,39)/b18-9+. The molecule has 4 N–H and O–H groups in total. The van der Waals surface area contributed by atoms with E-state index < -0.39 is 17.4 Å². The van der Waals surface area contributed by atoms with Crippen molar-refractivity contribution in [2.45, 2.75) is 24.9 Å². The van der Waals surface area contributed by atoms with Crippen LogP contribution < -0.4 is 21.3 Å². The zero-order valence-electron chi connectivity index (χ0n) is 22.4. The Hall–Kier alpha value is -5.24. The van der Waals surface area contributed by atoms with E-state index in [0.29, 0.717) is 16.8 Å². The number of anilines is 1. The summed E-state index contributed by atoms with van der Waals surface area (Å²) in [5.74, 6) is -2.26. The van der Waals surface area contributed by atoms with E-state index in [4.69, 9.17) is 0 Å². The lowest BCUT2D eigenvalue weighted by Gasteiger charge is -2.21. The smallest absolute Gasteiger partial charge is 0.309 e. The molecule has 0 aromatic heterocycles. The molecule has 0 aliphatic heterocycles. The first-order valence-electron chi connectivity index (χ1n) is 13.4. The summed E-state index contributed by atoms with van der Waals surface area (Å²) in [6.07, 6.45) is 4.42. The Morgan fingerprint density at radius 3 is 2.22 bits per heavy atom. The molecule has 0 spiro atoms. The Morgan fingerprint density at radius 1 is 0.732 bits per heavy atom. The molecular weight excluding hydrogens is 516 g/mol. The van der Waals surface area contributed by atoms with Gasteiger partial charge in [-0.3, -0.25) is 19.2 Å². The van der Waals surface area contributed by atoms with Crippen LogP contribution in [0.1, 0.15) is 34.3 Å². The van der Waals surface area contributed by atoms with Gasteiger partial charge in [-0.15, -0.1) is 0 Å². The van der Waals surface area contributed by atoms with Crippen LogP contribution in [0, 0.1) is 0 Å². The van der Waals surface area contributed by atoms with E-state index in [0.717, 1.165) is 29.2 Å². The fraction of sp³-hybridized carbons (Fsp3) is 0.152. The Morgan fingerprint density at radius 2 is 1.41 bits per heavy atom. The van der Waals surface area contributed by atoms with Gasteiger partial charge in [0.2, 0.25) is 5.91 Å². The summed E-state index contributed by atoms with van der Waals surface area (Å²) in [6.45, 7) is 0.0101. The Kier molecular flexibility index (Phi) is 8.20. The van der Waals surface area contributed by atoms with Crippen LogP contribution in [-0.4, -0.2) is 30.2 Å². The number of benzene rings is 4. The highest BCUT2D eigenvalue weighted by atomic mass is 16.2. The monoisotopic (exact) mass is 546 g/mol. The fourth-order valence-corrected chi connectivity index (χ4v) is 4.77. The maximum Gasteiger partial charge on any atom is 0.309 e. The SMILES string of the molecule is O=C(/C=C/CNC(=O)C(=O)NCc1ccccc1C(=O)NC1(c2cccc3ccccc23)CC1)Nc1ccccc1. The van der Waals surface area contributed by atoms with Gasteiger partial charge in [-0.2, -0.15) is 0 Å². The topological polar surface area (TPSA) is 116 Å². The van der Waals surface area contributed by atoms with Crippen LogP contribution in [0.25, 0.3) is 10.8 Å². The Labute approximate surface area is 237 Å². The molecule has 8 nitrogen and oxygen atoms in total. The molecular formula is C33H30N4O4. The van der Waals surface area contributed by atoms with Gasteiger partial charge in [-0.25, -0.2) is 0 Å². The van der Waals surface area contributed by atoms with E-state index in [1.807, 2.05) is 24.3 Å². The van der Waals surface area contributed by atoms with Crippen molar-refractivity contribution in [3.63, 3.8) is 0 Å². The second-order valence-electron chi connectivity index (χ2n) is 9.87. The van der Waals surface area contributed by atoms with Gasteiger partial charge in [0.1, 0.15) is 0 Å². The maximum absolute atomic E-state index is 13.4. The Balaban J connectivity index is 1.15. The third-order valence-corrected chi connectivity index (χ3v) is 7.01. The van der Waals surface area contributed by atoms with Gasteiger partial charge in [-0.1, -0.05) is 84.9 Å². The van der Waals surface area contributed by atoms with E-state index in [2.05, 4.69) is 45.5 Å². The van der Waals surface area contributed by atoms with Crippen LogP contribution in [0.3, 0.4) is 0 Å². The minimum atomic E-state index is -0.840. The van der Waals surface area contributed by atoms with Gasteiger partial charge in [0.15, 0.2) is 0 Å². The number of carbonyl (C=O) groups excluding carboxylic acids is 4. The van der Waals surface area contributed by atoms with E-state index in [1.54, 1.807) is 48.5 Å². The molecule has 1 saturated carbocycles. The molecule has 1 aliphatic rings. The number of nitrogens with one attached hydrogen (secondary N) is 4. The first kappa shape index (κ1) is 27.3. The quantitative estimate of drug-likeness (QED) is 0.186. The highest BCUT2D eigenvalue weighted by Gasteiger charge is 2.46. The molecule has 41 heavy (non-hydrogen) atoms. The molecule has 8 heteroatoms. The van der Waals surface area contributed by atoms with Crippen molar-refractivity contribution in [2.75, 3.05) is 11.9 Å². The number of hydrogen-bond acceptors (Lipinski definition) is 4. The van der Waals surface area contributed by atoms with Crippen molar-refractivity contribution in [2.24, 2.45) is 0 Å².